The zero-order valence-electron chi connectivity index (χ0n) is 15.7. The number of nitrogens with zero attached hydrogens (tertiary/aromatic N) is 2. The van der Waals surface area contributed by atoms with E-state index in [1.165, 1.54) is 12.1 Å². The van der Waals surface area contributed by atoms with Crippen molar-refractivity contribution in [2.45, 2.75) is 38.6 Å². The number of piperidine rings is 1. The lowest BCUT2D eigenvalue weighted by Gasteiger charge is -2.32. The van der Waals surface area contributed by atoms with Crippen LogP contribution in [0.25, 0.3) is 0 Å². The Bertz CT molecular complexity index is 1000. The minimum absolute atomic E-state index is 0.00432. The summed E-state index contributed by atoms with van der Waals surface area (Å²) in [6.45, 7) is 0.0131. The molecule has 156 valence electrons. The number of imide groups is 1. The Morgan fingerprint density at radius 1 is 0.933 bits per heavy atom. The van der Waals surface area contributed by atoms with Gasteiger partial charge in [-0.3, -0.25) is 14.4 Å². The number of fused-ring (bicyclic) bond motifs is 1. The first kappa shape index (κ1) is 19.9. The van der Waals surface area contributed by atoms with Gasteiger partial charge in [-0.15, -0.1) is 0 Å². The van der Waals surface area contributed by atoms with Crippen molar-refractivity contribution in [3.8, 4) is 5.75 Å². The van der Waals surface area contributed by atoms with E-state index in [1.807, 2.05) is 0 Å². The summed E-state index contributed by atoms with van der Waals surface area (Å²) < 4.78 is 43.8. The molecule has 0 bridgehead atoms. The van der Waals surface area contributed by atoms with Crippen molar-refractivity contribution in [3.05, 3.63) is 64.7 Å². The Morgan fingerprint density at radius 3 is 2.23 bits per heavy atom. The predicted molar refractivity (Wildman–Crippen MR) is 97.8 cm³/mol. The van der Waals surface area contributed by atoms with Crippen LogP contribution in [-0.4, -0.2) is 27.7 Å². The van der Waals surface area contributed by atoms with Gasteiger partial charge in [-0.05, 0) is 36.2 Å². The van der Waals surface area contributed by atoms with Crippen LogP contribution in [-0.2, 0) is 28.9 Å². The highest BCUT2D eigenvalue weighted by Gasteiger charge is 2.40. The van der Waals surface area contributed by atoms with Crippen LogP contribution in [0.2, 0.25) is 0 Å². The maximum Gasteiger partial charge on any atom is 0.416 e. The van der Waals surface area contributed by atoms with Gasteiger partial charge in [0, 0.05) is 18.4 Å². The number of halogens is 3. The highest BCUT2D eigenvalue weighted by Crippen LogP contribution is 2.34. The van der Waals surface area contributed by atoms with E-state index in [4.69, 9.17) is 4.74 Å². The quantitative estimate of drug-likeness (QED) is 0.711. The Balaban J connectivity index is 1.51. The van der Waals surface area contributed by atoms with Gasteiger partial charge < -0.3 is 4.74 Å². The number of benzene rings is 2. The Hall–Kier alpha value is -3.36. The molecule has 0 aromatic heterocycles. The standard InChI is InChI=1S/C21H17F3N2O4/c22-21(23,24)14-9-7-13(8-10-14)12-30-17-4-1-3-15-16(17)11-25(20(15)29)26-18(27)5-2-6-19(26)28/h1,3-4,7-10H,2,5-6,11-12H2. The molecule has 4 rings (SSSR count). The molecule has 0 unspecified atom stereocenters. The van der Waals surface area contributed by atoms with Crippen molar-refractivity contribution in [3.63, 3.8) is 0 Å². The van der Waals surface area contributed by atoms with Crippen LogP contribution in [0.4, 0.5) is 13.2 Å². The molecule has 2 aliphatic heterocycles. The van der Waals surface area contributed by atoms with Gasteiger partial charge in [-0.2, -0.15) is 18.2 Å². The van der Waals surface area contributed by atoms with Gasteiger partial charge >= 0.3 is 6.18 Å². The van der Waals surface area contributed by atoms with Gasteiger partial charge in [0.15, 0.2) is 0 Å². The number of hydrazine groups is 1. The van der Waals surface area contributed by atoms with E-state index >= 15 is 0 Å². The molecule has 30 heavy (non-hydrogen) atoms. The molecular weight excluding hydrogens is 401 g/mol. The largest absolute Gasteiger partial charge is 0.489 e. The fraction of sp³-hybridized carbons (Fsp3) is 0.286. The third-order valence-corrected chi connectivity index (χ3v) is 5.08. The summed E-state index contributed by atoms with van der Waals surface area (Å²) in [5.74, 6) is -0.923. The molecule has 2 aliphatic rings. The predicted octanol–water partition coefficient (Wildman–Crippen LogP) is 3.69. The summed E-state index contributed by atoms with van der Waals surface area (Å²) in [7, 11) is 0. The van der Waals surface area contributed by atoms with Gasteiger partial charge in [-0.1, -0.05) is 18.2 Å². The number of ether oxygens (including phenoxy) is 1. The molecular formula is C21H17F3N2O4. The first-order valence-corrected chi connectivity index (χ1v) is 9.34. The van der Waals surface area contributed by atoms with Crippen LogP contribution < -0.4 is 4.74 Å². The minimum Gasteiger partial charge on any atom is -0.489 e. The zero-order valence-corrected chi connectivity index (χ0v) is 15.7. The van der Waals surface area contributed by atoms with Gasteiger partial charge in [0.2, 0.25) is 11.8 Å². The summed E-state index contributed by atoms with van der Waals surface area (Å²) in [5, 5.41) is 2.03. The van der Waals surface area contributed by atoms with Crippen LogP contribution >= 0.6 is 0 Å². The number of rotatable bonds is 4. The highest BCUT2D eigenvalue weighted by atomic mass is 19.4. The lowest BCUT2D eigenvalue weighted by molar-refractivity contribution is -0.163. The number of carbonyl (C=O) groups excluding carboxylic acids is 3. The zero-order chi connectivity index (χ0) is 21.5. The van der Waals surface area contributed by atoms with E-state index in [-0.39, 0.29) is 26.0 Å². The van der Waals surface area contributed by atoms with Crippen LogP contribution in [0.1, 0.15) is 46.3 Å². The SMILES string of the molecule is O=C1c2cccc(OCc3ccc(C(F)(F)F)cc3)c2CN1N1C(=O)CCCC1=O. The van der Waals surface area contributed by atoms with E-state index in [1.54, 1.807) is 18.2 Å². The van der Waals surface area contributed by atoms with Crippen molar-refractivity contribution in [2.24, 2.45) is 0 Å². The fourth-order valence-electron chi connectivity index (χ4n) is 3.55. The molecule has 2 aromatic rings. The van der Waals surface area contributed by atoms with Crippen molar-refractivity contribution >= 4 is 17.7 Å². The Morgan fingerprint density at radius 2 is 1.60 bits per heavy atom. The third kappa shape index (κ3) is 3.62. The number of alkyl halides is 3. The number of hydrogen-bond donors (Lipinski definition) is 0. The summed E-state index contributed by atoms with van der Waals surface area (Å²) in [6, 6.07) is 9.45. The second kappa shape index (κ2) is 7.47. The summed E-state index contributed by atoms with van der Waals surface area (Å²) >= 11 is 0. The monoisotopic (exact) mass is 418 g/mol. The molecule has 1 fully saturated rings. The molecule has 0 N–H and O–H groups in total. The summed E-state index contributed by atoms with van der Waals surface area (Å²) in [4.78, 5) is 37.1. The first-order chi connectivity index (χ1) is 14.3. The van der Waals surface area contributed by atoms with E-state index in [0.29, 0.717) is 28.9 Å². The molecule has 2 heterocycles. The van der Waals surface area contributed by atoms with Crippen molar-refractivity contribution in [1.82, 2.24) is 10.0 Å². The number of hydrogen-bond acceptors (Lipinski definition) is 4. The smallest absolute Gasteiger partial charge is 0.416 e. The lowest BCUT2D eigenvalue weighted by Crippen LogP contribution is -2.52. The average molecular weight is 418 g/mol. The van der Waals surface area contributed by atoms with E-state index in [0.717, 1.165) is 22.2 Å². The summed E-state index contributed by atoms with van der Waals surface area (Å²) in [6.07, 6.45) is -3.55. The van der Waals surface area contributed by atoms with E-state index < -0.39 is 29.5 Å². The van der Waals surface area contributed by atoms with Crippen LogP contribution in [0.5, 0.6) is 5.75 Å². The second-order valence-corrected chi connectivity index (χ2v) is 7.08. The average Bonchev–Trinajstić information content (AvgIpc) is 3.03. The summed E-state index contributed by atoms with van der Waals surface area (Å²) in [5.41, 5.74) is 0.638. The fourth-order valence-corrected chi connectivity index (χ4v) is 3.55. The molecule has 0 aliphatic carbocycles. The van der Waals surface area contributed by atoms with E-state index in [2.05, 4.69) is 0 Å². The molecule has 0 radical (unpaired) electrons. The normalized spacial score (nSPS) is 16.8. The minimum atomic E-state index is -4.41. The third-order valence-electron chi connectivity index (χ3n) is 5.08. The molecule has 9 heteroatoms. The number of carbonyl (C=O) groups is 3. The molecule has 3 amide bonds. The van der Waals surface area contributed by atoms with Gasteiger partial charge in [0.05, 0.1) is 17.7 Å². The maximum atomic E-state index is 12.8. The first-order valence-electron chi connectivity index (χ1n) is 9.34. The lowest BCUT2D eigenvalue weighted by atomic mass is 10.1. The van der Waals surface area contributed by atoms with Crippen LogP contribution in [0, 0.1) is 0 Å². The highest BCUT2D eigenvalue weighted by molar-refractivity contribution is 6.04. The van der Waals surface area contributed by atoms with Crippen LogP contribution in [0.15, 0.2) is 42.5 Å². The van der Waals surface area contributed by atoms with Gasteiger partial charge in [0.1, 0.15) is 12.4 Å². The second-order valence-electron chi connectivity index (χ2n) is 7.08. The van der Waals surface area contributed by atoms with Crippen LogP contribution in [0.3, 0.4) is 0 Å². The van der Waals surface area contributed by atoms with Crippen molar-refractivity contribution < 1.29 is 32.3 Å². The molecule has 0 saturated carbocycles. The van der Waals surface area contributed by atoms with Gasteiger partial charge in [-0.25, -0.2) is 5.01 Å². The molecule has 6 nitrogen and oxygen atoms in total. The van der Waals surface area contributed by atoms with Gasteiger partial charge in [0.25, 0.3) is 5.91 Å². The Kier molecular flexibility index (Phi) is 4.97. The molecule has 1 saturated heterocycles. The number of amides is 3. The topological polar surface area (TPSA) is 66.9 Å². The maximum absolute atomic E-state index is 12.8. The molecule has 0 spiro atoms. The molecule has 0 atom stereocenters. The van der Waals surface area contributed by atoms with E-state index in [9.17, 15) is 27.6 Å². The Labute approximate surface area is 169 Å². The molecule has 2 aromatic carbocycles. The van der Waals surface area contributed by atoms with Crippen molar-refractivity contribution in [1.29, 1.82) is 0 Å². The van der Waals surface area contributed by atoms with Crippen molar-refractivity contribution in [2.75, 3.05) is 0 Å².